The molecule has 0 aliphatic rings. The number of aliphatic imine (C=N–C) groups is 1. The number of guanidine groups is 1. The summed E-state index contributed by atoms with van der Waals surface area (Å²) in [4.78, 5) is 16.1. The Balaban J connectivity index is 1.85. The van der Waals surface area contributed by atoms with Crippen LogP contribution in [0.3, 0.4) is 0 Å². The van der Waals surface area contributed by atoms with E-state index in [2.05, 4.69) is 27.8 Å². The molecule has 2 rings (SSSR count). The van der Waals surface area contributed by atoms with E-state index in [1.54, 1.807) is 31.0 Å². The van der Waals surface area contributed by atoms with Gasteiger partial charge in [0.1, 0.15) is 0 Å². The Kier molecular flexibility index (Phi) is 9.15. The van der Waals surface area contributed by atoms with Gasteiger partial charge in [0.15, 0.2) is 5.96 Å². The number of non-ortho nitro benzene ring substituents is 1. The van der Waals surface area contributed by atoms with Crippen LogP contribution in [0, 0.1) is 10.1 Å². The highest BCUT2D eigenvalue weighted by Crippen LogP contribution is 2.15. The average Bonchev–Trinajstić information content (AvgIpc) is 2.70. The molecule has 0 radical (unpaired) electrons. The fourth-order valence-electron chi connectivity index (χ4n) is 2.19. The second-order valence-corrected chi connectivity index (χ2v) is 6.76. The van der Waals surface area contributed by atoms with Crippen molar-refractivity contribution in [1.82, 2.24) is 10.6 Å². The Morgan fingerprint density at radius 2 is 1.81 bits per heavy atom. The standard InChI is InChI=1S/C19H24N4O3S/c1-26-13-11-20-19(21-12-14-27-18-5-3-2-4-6-18)22-15-16-7-9-17(10-8-16)23(24)25/h2-10H,11-15H2,1H3,(H2,20,21,22). The van der Waals surface area contributed by atoms with Gasteiger partial charge in [-0.1, -0.05) is 30.3 Å². The van der Waals surface area contributed by atoms with Gasteiger partial charge in [-0.2, -0.15) is 0 Å². The molecule has 2 N–H and O–H groups in total. The predicted octanol–water partition coefficient (Wildman–Crippen LogP) is 3.07. The molecule has 0 saturated heterocycles. The van der Waals surface area contributed by atoms with E-state index in [1.807, 2.05) is 18.2 Å². The molecule has 0 heterocycles. The Morgan fingerprint density at radius 1 is 1.11 bits per heavy atom. The lowest BCUT2D eigenvalue weighted by Crippen LogP contribution is -2.40. The second-order valence-electron chi connectivity index (χ2n) is 5.60. The normalized spacial score (nSPS) is 11.2. The number of nitrogens with zero attached hydrogens (tertiary/aromatic N) is 2. The van der Waals surface area contributed by atoms with Gasteiger partial charge in [0.05, 0.1) is 18.1 Å². The molecule has 2 aromatic rings. The lowest BCUT2D eigenvalue weighted by molar-refractivity contribution is -0.384. The number of nitro benzene ring substituents is 1. The van der Waals surface area contributed by atoms with E-state index in [0.717, 1.165) is 17.9 Å². The first-order valence-electron chi connectivity index (χ1n) is 8.61. The molecule has 27 heavy (non-hydrogen) atoms. The fraction of sp³-hybridized carbons (Fsp3) is 0.316. The monoisotopic (exact) mass is 388 g/mol. The van der Waals surface area contributed by atoms with Crippen molar-refractivity contribution in [2.75, 3.05) is 32.6 Å². The molecule has 0 spiro atoms. The fourth-order valence-corrected chi connectivity index (χ4v) is 2.98. The highest BCUT2D eigenvalue weighted by molar-refractivity contribution is 7.99. The summed E-state index contributed by atoms with van der Waals surface area (Å²) < 4.78 is 5.06. The third-order valence-corrected chi connectivity index (χ3v) is 4.59. The number of thioether (sulfide) groups is 1. The molecule has 0 atom stereocenters. The highest BCUT2D eigenvalue weighted by Gasteiger charge is 2.04. The van der Waals surface area contributed by atoms with Crippen molar-refractivity contribution in [1.29, 1.82) is 0 Å². The van der Waals surface area contributed by atoms with Crippen molar-refractivity contribution in [3.8, 4) is 0 Å². The smallest absolute Gasteiger partial charge is 0.269 e. The number of ether oxygens (including phenoxy) is 1. The van der Waals surface area contributed by atoms with Gasteiger partial charge in [-0.25, -0.2) is 4.99 Å². The number of nitro groups is 1. The van der Waals surface area contributed by atoms with E-state index in [4.69, 9.17) is 4.74 Å². The van der Waals surface area contributed by atoms with Crippen molar-refractivity contribution in [3.05, 3.63) is 70.3 Å². The van der Waals surface area contributed by atoms with Crippen LogP contribution in [-0.2, 0) is 11.3 Å². The minimum Gasteiger partial charge on any atom is -0.383 e. The maximum atomic E-state index is 10.7. The zero-order valence-corrected chi connectivity index (χ0v) is 16.1. The molecule has 0 amide bonds. The average molecular weight is 388 g/mol. The molecule has 144 valence electrons. The summed E-state index contributed by atoms with van der Waals surface area (Å²) in [6.45, 7) is 2.43. The lowest BCUT2D eigenvalue weighted by atomic mass is 10.2. The van der Waals surface area contributed by atoms with Crippen LogP contribution in [0.5, 0.6) is 0 Å². The SMILES string of the molecule is COCCNC(=NCc1ccc([N+](=O)[O-])cc1)NCCSc1ccccc1. The van der Waals surface area contributed by atoms with Crippen LogP contribution in [0.1, 0.15) is 5.56 Å². The molecular weight excluding hydrogens is 364 g/mol. The van der Waals surface area contributed by atoms with Gasteiger partial charge in [0.25, 0.3) is 5.69 Å². The van der Waals surface area contributed by atoms with Crippen molar-refractivity contribution in [3.63, 3.8) is 0 Å². The van der Waals surface area contributed by atoms with E-state index in [9.17, 15) is 10.1 Å². The number of nitrogens with one attached hydrogen (secondary N) is 2. The van der Waals surface area contributed by atoms with Crippen LogP contribution in [0.25, 0.3) is 0 Å². The number of rotatable bonds is 10. The summed E-state index contributed by atoms with van der Waals surface area (Å²) in [6, 6.07) is 16.7. The van der Waals surface area contributed by atoms with E-state index < -0.39 is 4.92 Å². The third kappa shape index (κ3) is 8.10. The number of hydrogen-bond donors (Lipinski definition) is 2. The van der Waals surface area contributed by atoms with Gasteiger partial charge in [0.2, 0.25) is 0 Å². The highest BCUT2D eigenvalue weighted by atomic mass is 32.2. The predicted molar refractivity (Wildman–Crippen MR) is 109 cm³/mol. The molecule has 0 aliphatic carbocycles. The second kappa shape index (κ2) is 11.9. The molecule has 2 aromatic carbocycles. The molecule has 0 unspecified atom stereocenters. The summed E-state index contributed by atoms with van der Waals surface area (Å²) in [5.74, 6) is 1.60. The van der Waals surface area contributed by atoms with E-state index in [1.165, 1.54) is 17.0 Å². The largest absolute Gasteiger partial charge is 0.383 e. The maximum Gasteiger partial charge on any atom is 0.269 e. The van der Waals surface area contributed by atoms with Crippen LogP contribution < -0.4 is 10.6 Å². The first-order valence-corrected chi connectivity index (χ1v) is 9.60. The molecule has 7 nitrogen and oxygen atoms in total. The van der Waals surface area contributed by atoms with Gasteiger partial charge in [-0.05, 0) is 17.7 Å². The van der Waals surface area contributed by atoms with Gasteiger partial charge in [0, 0.05) is 43.0 Å². The molecule has 0 fully saturated rings. The molecule has 0 bridgehead atoms. The molecule has 0 aliphatic heterocycles. The van der Waals surface area contributed by atoms with Gasteiger partial charge < -0.3 is 15.4 Å². The minimum absolute atomic E-state index is 0.0808. The van der Waals surface area contributed by atoms with Gasteiger partial charge in [-0.15, -0.1) is 11.8 Å². The van der Waals surface area contributed by atoms with Crippen molar-refractivity contribution in [2.45, 2.75) is 11.4 Å². The minimum atomic E-state index is -0.406. The third-order valence-electron chi connectivity index (χ3n) is 3.57. The first-order chi connectivity index (χ1) is 13.2. The van der Waals surface area contributed by atoms with Crippen LogP contribution in [-0.4, -0.2) is 43.4 Å². The number of hydrogen-bond acceptors (Lipinski definition) is 5. The molecule has 8 heteroatoms. The Morgan fingerprint density at radius 3 is 2.48 bits per heavy atom. The zero-order valence-electron chi connectivity index (χ0n) is 15.3. The Labute approximate surface area is 163 Å². The van der Waals surface area contributed by atoms with Crippen LogP contribution in [0.2, 0.25) is 0 Å². The van der Waals surface area contributed by atoms with Crippen LogP contribution in [0.4, 0.5) is 5.69 Å². The maximum absolute atomic E-state index is 10.7. The topological polar surface area (TPSA) is 88.8 Å². The van der Waals surface area contributed by atoms with E-state index in [0.29, 0.717) is 25.7 Å². The van der Waals surface area contributed by atoms with Crippen LogP contribution in [0.15, 0.2) is 64.5 Å². The Hall–Kier alpha value is -2.58. The summed E-state index contributed by atoms with van der Waals surface area (Å²) in [7, 11) is 1.65. The zero-order chi connectivity index (χ0) is 19.3. The van der Waals surface area contributed by atoms with Crippen molar-refractivity contribution < 1.29 is 9.66 Å². The number of methoxy groups -OCH3 is 1. The first kappa shape index (κ1) is 20.7. The van der Waals surface area contributed by atoms with Crippen molar-refractivity contribution >= 4 is 23.4 Å². The van der Waals surface area contributed by atoms with E-state index in [-0.39, 0.29) is 5.69 Å². The Bertz CT molecular complexity index is 723. The number of benzene rings is 2. The quantitative estimate of drug-likeness (QED) is 0.162. The lowest BCUT2D eigenvalue weighted by Gasteiger charge is -2.12. The van der Waals surface area contributed by atoms with Gasteiger partial charge in [-0.3, -0.25) is 10.1 Å². The van der Waals surface area contributed by atoms with E-state index >= 15 is 0 Å². The van der Waals surface area contributed by atoms with Gasteiger partial charge >= 0.3 is 0 Å². The molecule has 0 saturated carbocycles. The summed E-state index contributed by atoms with van der Waals surface area (Å²) in [6.07, 6.45) is 0. The molecule has 0 aromatic heterocycles. The summed E-state index contributed by atoms with van der Waals surface area (Å²) >= 11 is 1.78. The van der Waals surface area contributed by atoms with Crippen molar-refractivity contribution in [2.24, 2.45) is 4.99 Å². The van der Waals surface area contributed by atoms with Crippen LogP contribution >= 0.6 is 11.8 Å². The summed E-state index contributed by atoms with van der Waals surface area (Å²) in [5, 5.41) is 17.2. The summed E-state index contributed by atoms with van der Waals surface area (Å²) in [5.41, 5.74) is 0.990. The molecular formula is C19H24N4O3S.